The minimum Gasteiger partial charge on any atom is -0.478 e. The molecule has 0 amide bonds. The molecule has 0 aromatic heterocycles. The van der Waals surface area contributed by atoms with E-state index >= 15 is 0 Å². The molecule has 0 saturated carbocycles. The molecule has 0 spiro atoms. The molecule has 1 N–H and O–H groups in total. The number of benzene rings is 3. The lowest BCUT2D eigenvalue weighted by atomic mass is 9.84. The number of ketones is 1. The lowest BCUT2D eigenvalue weighted by Gasteiger charge is -2.17. The van der Waals surface area contributed by atoms with Crippen molar-refractivity contribution in [2.45, 2.75) is 5.92 Å². The van der Waals surface area contributed by atoms with Crippen LogP contribution < -0.4 is 0 Å². The lowest BCUT2D eigenvalue weighted by molar-refractivity contribution is 0.0696. The zero-order valence-electron chi connectivity index (χ0n) is 12.9. The van der Waals surface area contributed by atoms with Gasteiger partial charge >= 0.3 is 5.97 Å². The smallest absolute Gasteiger partial charge is 0.335 e. The van der Waals surface area contributed by atoms with Gasteiger partial charge in [-0.1, -0.05) is 72.8 Å². The number of aromatic carboxylic acids is 1. The summed E-state index contributed by atoms with van der Waals surface area (Å²) in [6.07, 6.45) is 0. The number of hydrogen-bond donors (Lipinski definition) is 1. The highest BCUT2D eigenvalue weighted by atomic mass is 16.4. The first-order chi connectivity index (χ1) is 11.7. The predicted molar refractivity (Wildman–Crippen MR) is 92.5 cm³/mol. The van der Waals surface area contributed by atoms with E-state index in [0.717, 1.165) is 11.1 Å². The first kappa shape index (κ1) is 15.7. The summed E-state index contributed by atoms with van der Waals surface area (Å²) in [5, 5.41) is 9.05. The third-order valence-electron chi connectivity index (χ3n) is 3.94. The SMILES string of the molecule is O=C(O)c1ccc(C(C(=O)c2ccccc2)c2ccccc2)cc1. The molecule has 0 aliphatic rings. The molecule has 3 heteroatoms. The van der Waals surface area contributed by atoms with E-state index in [4.69, 9.17) is 5.11 Å². The molecular weight excluding hydrogens is 300 g/mol. The number of hydrogen-bond acceptors (Lipinski definition) is 2. The van der Waals surface area contributed by atoms with Gasteiger partial charge < -0.3 is 5.11 Å². The molecule has 3 aromatic carbocycles. The number of carbonyl (C=O) groups is 2. The molecule has 1 unspecified atom stereocenters. The van der Waals surface area contributed by atoms with E-state index in [-0.39, 0.29) is 11.3 Å². The standard InChI is InChI=1S/C21H16O3/c22-20(17-9-5-2-6-10-17)19(15-7-3-1-4-8-15)16-11-13-18(14-12-16)21(23)24/h1-14,19H,(H,23,24). The second-order valence-electron chi connectivity index (χ2n) is 5.50. The largest absolute Gasteiger partial charge is 0.478 e. The van der Waals surface area contributed by atoms with E-state index in [1.807, 2.05) is 48.5 Å². The summed E-state index contributed by atoms with van der Waals surface area (Å²) in [7, 11) is 0. The van der Waals surface area contributed by atoms with Crippen LogP contribution in [0.25, 0.3) is 0 Å². The van der Waals surface area contributed by atoms with Crippen molar-refractivity contribution in [3.63, 3.8) is 0 Å². The molecular formula is C21H16O3. The number of rotatable bonds is 5. The van der Waals surface area contributed by atoms with Crippen molar-refractivity contribution in [2.24, 2.45) is 0 Å². The van der Waals surface area contributed by atoms with Crippen LogP contribution in [0.1, 0.15) is 37.8 Å². The lowest BCUT2D eigenvalue weighted by Crippen LogP contribution is -2.14. The fraction of sp³-hybridized carbons (Fsp3) is 0.0476. The molecule has 0 fully saturated rings. The highest BCUT2D eigenvalue weighted by Gasteiger charge is 2.24. The minimum absolute atomic E-state index is 0.00937. The van der Waals surface area contributed by atoms with Gasteiger partial charge in [-0.3, -0.25) is 4.79 Å². The van der Waals surface area contributed by atoms with Crippen molar-refractivity contribution >= 4 is 11.8 Å². The van der Waals surface area contributed by atoms with Gasteiger partial charge in [0.15, 0.2) is 5.78 Å². The Balaban J connectivity index is 2.06. The number of carboxylic acid groups (broad SMARTS) is 1. The molecule has 1 atom stereocenters. The summed E-state index contributed by atoms with van der Waals surface area (Å²) in [5.41, 5.74) is 2.50. The Morgan fingerprint density at radius 3 is 1.67 bits per heavy atom. The molecule has 0 heterocycles. The van der Waals surface area contributed by atoms with Crippen molar-refractivity contribution in [3.8, 4) is 0 Å². The highest BCUT2D eigenvalue weighted by Crippen LogP contribution is 2.28. The summed E-state index contributed by atoms with van der Waals surface area (Å²) in [4.78, 5) is 24.1. The zero-order valence-corrected chi connectivity index (χ0v) is 12.9. The van der Waals surface area contributed by atoms with Crippen molar-refractivity contribution in [2.75, 3.05) is 0 Å². The van der Waals surface area contributed by atoms with Crippen molar-refractivity contribution in [1.29, 1.82) is 0 Å². The molecule has 0 saturated heterocycles. The van der Waals surface area contributed by atoms with E-state index in [1.165, 1.54) is 12.1 Å². The maximum absolute atomic E-state index is 13.0. The molecule has 3 nitrogen and oxygen atoms in total. The van der Waals surface area contributed by atoms with E-state index in [0.29, 0.717) is 5.56 Å². The van der Waals surface area contributed by atoms with Crippen LogP contribution in [0.5, 0.6) is 0 Å². The summed E-state index contributed by atoms with van der Waals surface area (Å²) < 4.78 is 0. The topological polar surface area (TPSA) is 54.4 Å². The van der Waals surface area contributed by atoms with Crippen molar-refractivity contribution in [3.05, 3.63) is 107 Å². The average Bonchev–Trinajstić information content (AvgIpc) is 2.64. The van der Waals surface area contributed by atoms with Gasteiger partial charge in [0.2, 0.25) is 0 Å². The van der Waals surface area contributed by atoms with Gasteiger partial charge in [0.25, 0.3) is 0 Å². The number of carbonyl (C=O) groups excluding carboxylic acids is 1. The van der Waals surface area contributed by atoms with Crippen LogP contribution in [0, 0.1) is 0 Å². The summed E-state index contributed by atoms with van der Waals surface area (Å²) in [6.45, 7) is 0. The van der Waals surface area contributed by atoms with Gasteiger partial charge in [0.1, 0.15) is 0 Å². The molecule has 0 bridgehead atoms. The Kier molecular flexibility index (Phi) is 4.52. The molecule has 0 aliphatic heterocycles. The van der Waals surface area contributed by atoms with Crippen LogP contribution in [0.2, 0.25) is 0 Å². The number of carboxylic acids is 1. The third-order valence-corrected chi connectivity index (χ3v) is 3.94. The van der Waals surface area contributed by atoms with Crippen molar-refractivity contribution in [1.82, 2.24) is 0 Å². The second-order valence-corrected chi connectivity index (χ2v) is 5.50. The molecule has 118 valence electrons. The van der Waals surface area contributed by atoms with E-state index in [1.54, 1.807) is 24.3 Å². The van der Waals surface area contributed by atoms with Crippen LogP contribution in [-0.4, -0.2) is 16.9 Å². The first-order valence-corrected chi connectivity index (χ1v) is 7.64. The maximum atomic E-state index is 13.0. The summed E-state index contributed by atoms with van der Waals surface area (Å²) in [5.74, 6) is -1.45. The van der Waals surface area contributed by atoms with Crippen LogP contribution >= 0.6 is 0 Å². The fourth-order valence-electron chi connectivity index (χ4n) is 2.73. The van der Waals surface area contributed by atoms with Gasteiger partial charge in [0, 0.05) is 5.56 Å². The number of Topliss-reactive ketones (excluding diaryl/α,β-unsaturated/α-hetero) is 1. The Labute approximate surface area is 140 Å². The van der Waals surface area contributed by atoms with Gasteiger partial charge in [0.05, 0.1) is 11.5 Å². The third kappa shape index (κ3) is 3.25. The van der Waals surface area contributed by atoms with E-state index in [2.05, 4.69) is 0 Å². The van der Waals surface area contributed by atoms with Crippen LogP contribution in [0.4, 0.5) is 0 Å². The first-order valence-electron chi connectivity index (χ1n) is 7.64. The quantitative estimate of drug-likeness (QED) is 0.710. The summed E-state index contributed by atoms with van der Waals surface area (Å²) in [6, 6.07) is 25.1. The monoisotopic (exact) mass is 316 g/mol. The van der Waals surface area contributed by atoms with Gasteiger partial charge in [-0.2, -0.15) is 0 Å². The normalized spacial score (nSPS) is 11.7. The summed E-state index contributed by atoms with van der Waals surface area (Å²) >= 11 is 0. The average molecular weight is 316 g/mol. The Bertz CT molecular complexity index is 837. The molecule has 0 aliphatic carbocycles. The van der Waals surface area contributed by atoms with Crippen molar-refractivity contribution < 1.29 is 14.7 Å². The van der Waals surface area contributed by atoms with E-state index < -0.39 is 11.9 Å². The zero-order chi connectivity index (χ0) is 16.9. The molecule has 24 heavy (non-hydrogen) atoms. The molecule has 3 aromatic rings. The predicted octanol–water partition coefficient (Wildman–Crippen LogP) is 4.40. The van der Waals surface area contributed by atoms with Gasteiger partial charge in [-0.15, -0.1) is 0 Å². The van der Waals surface area contributed by atoms with Crippen LogP contribution in [0.3, 0.4) is 0 Å². The fourth-order valence-corrected chi connectivity index (χ4v) is 2.73. The maximum Gasteiger partial charge on any atom is 0.335 e. The van der Waals surface area contributed by atoms with Gasteiger partial charge in [-0.25, -0.2) is 4.79 Å². The van der Waals surface area contributed by atoms with Crippen LogP contribution in [0.15, 0.2) is 84.9 Å². The Morgan fingerprint density at radius 2 is 1.12 bits per heavy atom. The Hall–Kier alpha value is -3.20. The van der Waals surface area contributed by atoms with Gasteiger partial charge in [-0.05, 0) is 23.3 Å². The molecule has 3 rings (SSSR count). The second kappa shape index (κ2) is 6.92. The van der Waals surface area contributed by atoms with E-state index in [9.17, 15) is 9.59 Å². The highest BCUT2D eigenvalue weighted by molar-refractivity contribution is 6.03. The molecule has 0 radical (unpaired) electrons. The minimum atomic E-state index is -0.979. The van der Waals surface area contributed by atoms with Crippen LogP contribution in [-0.2, 0) is 0 Å². The Morgan fingerprint density at radius 1 is 0.625 bits per heavy atom.